The number of aliphatic carboxylic acids is 1. The van der Waals surface area contributed by atoms with Crippen molar-refractivity contribution in [3.63, 3.8) is 0 Å². The first-order chi connectivity index (χ1) is 10.1. The summed E-state index contributed by atoms with van der Waals surface area (Å²) in [5.74, 6) is -1.12. The van der Waals surface area contributed by atoms with Crippen LogP contribution in [0.1, 0.15) is 21.5 Å². The standard InChI is InChI=1S/C16H16N2O3/c17-14-7-5-11(6-8-14)16(21)18-10-13-4-2-1-3-12(13)9-15(19)20/h1-8H,9-10,17H2,(H,18,21)(H,19,20). The van der Waals surface area contributed by atoms with Crippen molar-refractivity contribution >= 4 is 17.6 Å². The molecule has 0 fully saturated rings. The Labute approximate surface area is 122 Å². The zero-order valence-corrected chi connectivity index (χ0v) is 11.4. The number of benzene rings is 2. The van der Waals surface area contributed by atoms with Crippen LogP contribution in [0.15, 0.2) is 48.5 Å². The Kier molecular flexibility index (Phi) is 4.56. The summed E-state index contributed by atoms with van der Waals surface area (Å²) in [6, 6.07) is 13.8. The molecule has 0 saturated carbocycles. The molecule has 2 rings (SSSR count). The second-order valence-corrected chi connectivity index (χ2v) is 4.64. The largest absolute Gasteiger partial charge is 0.481 e. The van der Waals surface area contributed by atoms with Crippen molar-refractivity contribution in [3.05, 3.63) is 65.2 Å². The maximum Gasteiger partial charge on any atom is 0.307 e. The van der Waals surface area contributed by atoms with Crippen molar-refractivity contribution in [1.29, 1.82) is 0 Å². The molecule has 0 saturated heterocycles. The van der Waals surface area contributed by atoms with Gasteiger partial charge in [-0.2, -0.15) is 0 Å². The number of amides is 1. The molecule has 0 aromatic heterocycles. The molecule has 108 valence electrons. The first kappa shape index (κ1) is 14.6. The molecule has 0 bridgehead atoms. The Morgan fingerprint density at radius 2 is 1.62 bits per heavy atom. The van der Waals surface area contributed by atoms with Crippen LogP contribution in [-0.4, -0.2) is 17.0 Å². The van der Waals surface area contributed by atoms with Gasteiger partial charge in [-0.3, -0.25) is 9.59 Å². The summed E-state index contributed by atoms with van der Waals surface area (Å²) in [5, 5.41) is 11.6. The molecule has 0 radical (unpaired) electrons. The Morgan fingerprint density at radius 3 is 2.24 bits per heavy atom. The Bertz CT molecular complexity index is 651. The first-order valence-corrected chi connectivity index (χ1v) is 6.48. The van der Waals surface area contributed by atoms with Crippen LogP contribution in [-0.2, 0) is 17.8 Å². The van der Waals surface area contributed by atoms with E-state index in [1.54, 1.807) is 36.4 Å². The number of anilines is 1. The number of carbonyl (C=O) groups excluding carboxylic acids is 1. The molecule has 2 aromatic carbocycles. The number of nitrogens with two attached hydrogens (primary N) is 1. The fourth-order valence-corrected chi connectivity index (χ4v) is 1.98. The maximum atomic E-state index is 12.0. The zero-order chi connectivity index (χ0) is 15.2. The highest BCUT2D eigenvalue weighted by atomic mass is 16.4. The number of nitrogens with one attached hydrogen (secondary N) is 1. The van der Waals surface area contributed by atoms with E-state index in [1.807, 2.05) is 12.1 Å². The van der Waals surface area contributed by atoms with E-state index in [-0.39, 0.29) is 18.9 Å². The van der Waals surface area contributed by atoms with Crippen LogP contribution in [0.3, 0.4) is 0 Å². The van der Waals surface area contributed by atoms with Gasteiger partial charge >= 0.3 is 5.97 Å². The van der Waals surface area contributed by atoms with Crippen LogP contribution in [0, 0.1) is 0 Å². The molecular weight excluding hydrogens is 268 g/mol. The molecule has 0 aliphatic heterocycles. The van der Waals surface area contributed by atoms with Gasteiger partial charge in [0.15, 0.2) is 0 Å². The number of carboxylic acids is 1. The Morgan fingerprint density at radius 1 is 1.00 bits per heavy atom. The molecule has 2 aromatic rings. The van der Waals surface area contributed by atoms with Crippen molar-refractivity contribution in [2.75, 3.05) is 5.73 Å². The number of hydrogen-bond acceptors (Lipinski definition) is 3. The van der Waals surface area contributed by atoms with Crippen molar-refractivity contribution in [2.45, 2.75) is 13.0 Å². The van der Waals surface area contributed by atoms with Gasteiger partial charge in [-0.25, -0.2) is 0 Å². The van der Waals surface area contributed by atoms with Crippen molar-refractivity contribution < 1.29 is 14.7 Å². The summed E-state index contributed by atoms with van der Waals surface area (Å²) in [4.78, 5) is 22.8. The predicted molar refractivity (Wildman–Crippen MR) is 79.8 cm³/mol. The first-order valence-electron chi connectivity index (χ1n) is 6.48. The summed E-state index contributed by atoms with van der Waals surface area (Å²) < 4.78 is 0. The summed E-state index contributed by atoms with van der Waals surface area (Å²) >= 11 is 0. The highest BCUT2D eigenvalue weighted by molar-refractivity contribution is 5.94. The quantitative estimate of drug-likeness (QED) is 0.730. The highest BCUT2D eigenvalue weighted by Crippen LogP contribution is 2.10. The molecule has 0 aliphatic carbocycles. The topological polar surface area (TPSA) is 92.4 Å². The van der Waals surface area contributed by atoms with Crippen molar-refractivity contribution in [3.8, 4) is 0 Å². The Hall–Kier alpha value is -2.82. The van der Waals surface area contributed by atoms with E-state index in [4.69, 9.17) is 10.8 Å². The minimum absolute atomic E-state index is 0.0616. The van der Waals surface area contributed by atoms with Crippen LogP contribution in [0.25, 0.3) is 0 Å². The molecule has 5 heteroatoms. The second kappa shape index (κ2) is 6.56. The fourth-order valence-electron chi connectivity index (χ4n) is 1.98. The normalized spacial score (nSPS) is 10.1. The lowest BCUT2D eigenvalue weighted by atomic mass is 10.0. The lowest BCUT2D eigenvalue weighted by molar-refractivity contribution is -0.136. The molecule has 0 atom stereocenters. The van der Waals surface area contributed by atoms with Gasteiger partial charge < -0.3 is 16.2 Å². The zero-order valence-electron chi connectivity index (χ0n) is 11.4. The van der Waals surface area contributed by atoms with Gasteiger partial charge in [-0.15, -0.1) is 0 Å². The summed E-state index contributed by atoms with van der Waals surface area (Å²) in [6.45, 7) is 0.284. The predicted octanol–water partition coefficient (Wildman–Crippen LogP) is 1.83. The smallest absolute Gasteiger partial charge is 0.307 e. The van der Waals surface area contributed by atoms with Crippen LogP contribution in [0.4, 0.5) is 5.69 Å². The molecule has 0 heterocycles. The van der Waals surface area contributed by atoms with Crippen molar-refractivity contribution in [1.82, 2.24) is 5.32 Å². The molecule has 5 nitrogen and oxygen atoms in total. The average molecular weight is 284 g/mol. The number of rotatable bonds is 5. The highest BCUT2D eigenvalue weighted by Gasteiger charge is 2.09. The second-order valence-electron chi connectivity index (χ2n) is 4.64. The average Bonchev–Trinajstić information content (AvgIpc) is 2.46. The Balaban J connectivity index is 2.04. The van der Waals surface area contributed by atoms with Crippen LogP contribution in [0.2, 0.25) is 0 Å². The van der Waals surface area contributed by atoms with Gasteiger partial charge in [0, 0.05) is 17.8 Å². The van der Waals surface area contributed by atoms with E-state index < -0.39 is 5.97 Å². The molecule has 0 aliphatic rings. The monoisotopic (exact) mass is 284 g/mol. The molecule has 21 heavy (non-hydrogen) atoms. The third kappa shape index (κ3) is 4.07. The van der Waals surface area contributed by atoms with Crippen LogP contribution >= 0.6 is 0 Å². The van der Waals surface area contributed by atoms with E-state index in [0.29, 0.717) is 16.8 Å². The molecule has 0 unspecified atom stereocenters. The number of carboxylic acid groups (broad SMARTS) is 1. The van der Waals surface area contributed by atoms with Gasteiger partial charge in [0.25, 0.3) is 5.91 Å². The van der Waals surface area contributed by atoms with Crippen LogP contribution in [0.5, 0.6) is 0 Å². The minimum atomic E-state index is -0.896. The SMILES string of the molecule is Nc1ccc(C(=O)NCc2ccccc2CC(=O)O)cc1. The van der Waals surface area contributed by atoms with Gasteiger partial charge in [0.1, 0.15) is 0 Å². The van der Waals surface area contributed by atoms with E-state index >= 15 is 0 Å². The van der Waals surface area contributed by atoms with E-state index in [1.165, 1.54) is 0 Å². The maximum absolute atomic E-state index is 12.0. The minimum Gasteiger partial charge on any atom is -0.481 e. The molecule has 4 N–H and O–H groups in total. The van der Waals surface area contributed by atoms with E-state index in [0.717, 1.165) is 5.56 Å². The van der Waals surface area contributed by atoms with Gasteiger partial charge in [0.05, 0.1) is 6.42 Å². The van der Waals surface area contributed by atoms with Crippen LogP contribution < -0.4 is 11.1 Å². The molecular formula is C16H16N2O3. The van der Waals surface area contributed by atoms with Gasteiger partial charge in [-0.1, -0.05) is 24.3 Å². The third-order valence-corrected chi connectivity index (χ3v) is 3.07. The lowest BCUT2D eigenvalue weighted by Gasteiger charge is -2.09. The summed E-state index contributed by atoms with van der Waals surface area (Å²) in [5.41, 5.74) is 8.17. The number of hydrogen-bond donors (Lipinski definition) is 3. The van der Waals surface area contributed by atoms with E-state index in [9.17, 15) is 9.59 Å². The lowest BCUT2D eigenvalue weighted by Crippen LogP contribution is -2.23. The molecule has 0 spiro atoms. The number of carbonyl (C=O) groups is 2. The van der Waals surface area contributed by atoms with Crippen molar-refractivity contribution in [2.24, 2.45) is 0 Å². The molecule has 1 amide bonds. The number of nitrogen functional groups attached to an aromatic ring is 1. The van der Waals surface area contributed by atoms with Gasteiger partial charge in [0.2, 0.25) is 0 Å². The summed E-state index contributed by atoms with van der Waals surface area (Å²) in [6.07, 6.45) is -0.0616. The fraction of sp³-hybridized carbons (Fsp3) is 0.125. The van der Waals surface area contributed by atoms with E-state index in [2.05, 4.69) is 5.32 Å². The third-order valence-electron chi connectivity index (χ3n) is 3.07. The summed E-state index contributed by atoms with van der Waals surface area (Å²) in [7, 11) is 0. The van der Waals surface area contributed by atoms with Gasteiger partial charge in [-0.05, 0) is 35.4 Å².